The molecule has 9 heteroatoms. The van der Waals surface area contributed by atoms with E-state index in [2.05, 4.69) is 0 Å². The molecule has 1 saturated carbocycles. The highest BCUT2D eigenvalue weighted by Gasteiger charge is 2.35. The molecule has 0 spiro atoms. The fraction of sp³-hybridized carbons (Fsp3) is 0.562. The van der Waals surface area contributed by atoms with Crippen LogP contribution in [0.5, 0.6) is 0 Å². The van der Waals surface area contributed by atoms with Crippen molar-refractivity contribution < 1.29 is 13.2 Å². The lowest BCUT2D eigenvalue weighted by Crippen LogP contribution is -2.51. The van der Waals surface area contributed by atoms with E-state index >= 15 is 0 Å². The highest BCUT2D eigenvalue weighted by molar-refractivity contribution is 7.89. The van der Waals surface area contributed by atoms with Crippen LogP contribution in [-0.4, -0.2) is 49.7 Å². The van der Waals surface area contributed by atoms with E-state index in [9.17, 15) is 13.2 Å². The van der Waals surface area contributed by atoms with Gasteiger partial charge in [0, 0.05) is 37.1 Å². The minimum absolute atomic E-state index is 0.00182. The van der Waals surface area contributed by atoms with Crippen molar-refractivity contribution in [3.8, 4) is 0 Å². The third kappa shape index (κ3) is 3.93. The molecule has 5 nitrogen and oxygen atoms in total. The smallest absolute Gasteiger partial charge is 0.246 e. The second-order valence-electron chi connectivity index (χ2n) is 6.41. The molecule has 2 aliphatic rings. The monoisotopic (exact) mass is 424 g/mol. The Morgan fingerprint density at radius 3 is 2.00 bits per heavy atom. The maximum absolute atomic E-state index is 12.9. The topological polar surface area (TPSA) is 57.7 Å². The molecular weight excluding hydrogens is 407 g/mol. The minimum atomic E-state index is -3.84. The third-order valence-electron chi connectivity index (χ3n) is 4.82. The Balaban J connectivity index is 1.73. The zero-order chi connectivity index (χ0) is 18.2. The van der Waals surface area contributed by atoms with Gasteiger partial charge < -0.3 is 4.90 Å². The number of carbonyl (C=O) groups is 1. The number of carbonyl (C=O) groups excluding carboxylic acids is 1. The molecular formula is C16H19Cl3N2O3S. The van der Waals surface area contributed by atoms with Crippen LogP contribution in [-0.2, 0) is 14.8 Å². The van der Waals surface area contributed by atoms with Gasteiger partial charge in [-0.15, -0.1) is 0 Å². The molecule has 1 aromatic rings. The molecule has 1 aliphatic carbocycles. The molecule has 1 aromatic carbocycles. The van der Waals surface area contributed by atoms with E-state index in [4.69, 9.17) is 34.8 Å². The van der Waals surface area contributed by atoms with Gasteiger partial charge in [0.15, 0.2) is 0 Å². The second kappa shape index (κ2) is 7.61. The zero-order valence-corrected chi connectivity index (χ0v) is 16.6. The Morgan fingerprint density at radius 1 is 0.960 bits per heavy atom. The zero-order valence-electron chi connectivity index (χ0n) is 13.6. The van der Waals surface area contributed by atoms with Crippen molar-refractivity contribution in [3.05, 3.63) is 27.2 Å². The predicted molar refractivity (Wildman–Crippen MR) is 98.8 cm³/mol. The Bertz CT molecular complexity index is 748. The van der Waals surface area contributed by atoms with E-state index in [-0.39, 0.29) is 44.9 Å². The molecule has 1 amide bonds. The van der Waals surface area contributed by atoms with E-state index in [1.54, 1.807) is 4.90 Å². The molecule has 25 heavy (non-hydrogen) atoms. The van der Waals surface area contributed by atoms with E-state index in [0.29, 0.717) is 13.1 Å². The number of piperazine rings is 1. The summed E-state index contributed by atoms with van der Waals surface area (Å²) in [6.07, 6.45) is 4.07. The molecule has 138 valence electrons. The molecule has 0 bridgehead atoms. The normalized spacial score (nSPS) is 20.2. The first-order valence-electron chi connectivity index (χ1n) is 8.24. The van der Waals surface area contributed by atoms with Gasteiger partial charge in [0.05, 0.1) is 10.0 Å². The summed E-state index contributed by atoms with van der Waals surface area (Å²) in [5.74, 6) is 0.250. The molecule has 1 heterocycles. The van der Waals surface area contributed by atoms with Gasteiger partial charge in [-0.2, -0.15) is 4.31 Å². The summed E-state index contributed by atoms with van der Waals surface area (Å²) in [6.45, 7) is 1.24. The lowest BCUT2D eigenvalue weighted by Gasteiger charge is -2.35. The number of sulfonamides is 1. The molecule has 3 rings (SSSR count). The molecule has 1 aliphatic heterocycles. The molecule has 2 fully saturated rings. The third-order valence-corrected chi connectivity index (χ3v) is 7.85. The Labute approximate surface area is 162 Å². The maximum atomic E-state index is 12.9. The first-order chi connectivity index (χ1) is 11.8. The lowest BCUT2D eigenvalue weighted by molar-refractivity contribution is -0.136. The highest BCUT2D eigenvalue weighted by Crippen LogP contribution is 2.35. The molecule has 0 N–H and O–H groups in total. The summed E-state index contributed by atoms with van der Waals surface area (Å²) in [5, 5.41) is 0.282. The number of halogens is 3. The molecule has 1 saturated heterocycles. The van der Waals surface area contributed by atoms with Crippen molar-refractivity contribution in [2.24, 2.45) is 5.92 Å². The maximum Gasteiger partial charge on any atom is 0.246 e. The van der Waals surface area contributed by atoms with Gasteiger partial charge in [0.2, 0.25) is 15.9 Å². The van der Waals surface area contributed by atoms with Crippen molar-refractivity contribution in [1.29, 1.82) is 0 Å². The van der Waals surface area contributed by atoms with E-state index in [1.807, 2.05) is 0 Å². The van der Waals surface area contributed by atoms with Gasteiger partial charge in [0.25, 0.3) is 0 Å². The van der Waals surface area contributed by atoms with Gasteiger partial charge in [-0.25, -0.2) is 8.42 Å². The van der Waals surface area contributed by atoms with Crippen LogP contribution in [0.2, 0.25) is 15.1 Å². The van der Waals surface area contributed by atoms with E-state index in [1.165, 1.54) is 16.4 Å². The summed E-state index contributed by atoms with van der Waals surface area (Å²) in [7, 11) is -3.84. The largest absolute Gasteiger partial charge is 0.340 e. The average molecular weight is 426 g/mol. The standard InChI is InChI=1S/C16H19Cl3N2O3S/c17-12-9-13(18)15(14(19)10-12)25(23,24)21-7-5-20(6-8-21)16(22)11-3-1-2-4-11/h9-11H,1-8H2. The second-order valence-corrected chi connectivity index (χ2v) is 9.53. The van der Waals surface area contributed by atoms with Crippen LogP contribution < -0.4 is 0 Å². The van der Waals surface area contributed by atoms with Crippen molar-refractivity contribution in [2.45, 2.75) is 30.6 Å². The lowest BCUT2D eigenvalue weighted by atomic mass is 10.1. The van der Waals surface area contributed by atoms with Crippen molar-refractivity contribution in [3.63, 3.8) is 0 Å². The van der Waals surface area contributed by atoms with Crippen molar-refractivity contribution in [1.82, 2.24) is 9.21 Å². The first-order valence-corrected chi connectivity index (χ1v) is 10.8. The number of nitrogens with zero attached hydrogens (tertiary/aromatic N) is 2. The van der Waals surface area contributed by atoms with Crippen LogP contribution in [0.4, 0.5) is 0 Å². The van der Waals surface area contributed by atoms with Crippen LogP contribution in [0.15, 0.2) is 17.0 Å². The summed E-state index contributed by atoms with van der Waals surface area (Å²) in [4.78, 5) is 14.1. The van der Waals surface area contributed by atoms with Crippen LogP contribution in [0.1, 0.15) is 25.7 Å². The molecule has 0 radical (unpaired) electrons. The van der Waals surface area contributed by atoms with E-state index < -0.39 is 10.0 Å². The predicted octanol–water partition coefficient (Wildman–Crippen LogP) is 3.67. The van der Waals surface area contributed by atoms with Gasteiger partial charge in [-0.1, -0.05) is 47.6 Å². The minimum Gasteiger partial charge on any atom is -0.340 e. The summed E-state index contributed by atoms with van der Waals surface area (Å²) in [6, 6.07) is 2.73. The number of benzene rings is 1. The number of amides is 1. The van der Waals surface area contributed by atoms with Crippen LogP contribution in [0.25, 0.3) is 0 Å². The Hall–Kier alpha value is -0.530. The van der Waals surface area contributed by atoms with Crippen LogP contribution in [0.3, 0.4) is 0 Å². The fourth-order valence-electron chi connectivity index (χ4n) is 3.48. The number of hydrogen-bond acceptors (Lipinski definition) is 3. The highest BCUT2D eigenvalue weighted by atomic mass is 35.5. The van der Waals surface area contributed by atoms with Gasteiger partial charge in [0.1, 0.15) is 4.90 Å². The number of hydrogen-bond donors (Lipinski definition) is 0. The average Bonchev–Trinajstić information content (AvgIpc) is 3.07. The summed E-state index contributed by atoms with van der Waals surface area (Å²) in [5.41, 5.74) is 0. The van der Waals surface area contributed by atoms with Gasteiger partial charge in [-0.3, -0.25) is 4.79 Å². The number of rotatable bonds is 3. The summed E-state index contributed by atoms with van der Waals surface area (Å²) >= 11 is 18.0. The van der Waals surface area contributed by atoms with Crippen LogP contribution in [0, 0.1) is 5.92 Å². The van der Waals surface area contributed by atoms with Gasteiger partial charge >= 0.3 is 0 Å². The Morgan fingerprint density at radius 2 is 1.48 bits per heavy atom. The first kappa shape index (κ1) is 19.2. The molecule has 0 unspecified atom stereocenters. The molecule has 0 atom stereocenters. The van der Waals surface area contributed by atoms with Crippen molar-refractivity contribution in [2.75, 3.05) is 26.2 Å². The van der Waals surface area contributed by atoms with E-state index in [0.717, 1.165) is 25.7 Å². The SMILES string of the molecule is O=C(C1CCCC1)N1CCN(S(=O)(=O)c2c(Cl)cc(Cl)cc2Cl)CC1. The van der Waals surface area contributed by atoms with Crippen LogP contribution >= 0.6 is 34.8 Å². The van der Waals surface area contributed by atoms with Crippen molar-refractivity contribution >= 4 is 50.7 Å². The Kier molecular flexibility index (Phi) is 5.85. The quantitative estimate of drug-likeness (QED) is 0.742. The fourth-order valence-corrected chi connectivity index (χ4v) is 6.40. The summed E-state index contributed by atoms with van der Waals surface area (Å²) < 4.78 is 27.1. The van der Waals surface area contributed by atoms with Gasteiger partial charge in [-0.05, 0) is 25.0 Å². The molecule has 0 aromatic heterocycles.